The summed E-state index contributed by atoms with van der Waals surface area (Å²) in [7, 11) is 0. The van der Waals surface area contributed by atoms with Crippen LogP contribution in [-0.4, -0.2) is 39.8 Å². The van der Waals surface area contributed by atoms with Crippen molar-refractivity contribution in [2.75, 3.05) is 18.4 Å². The number of nitrogens with one attached hydrogen (secondary N) is 1. The highest BCUT2D eigenvalue weighted by molar-refractivity contribution is 6.01. The molecule has 0 aromatic carbocycles. The summed E-state index contributed by atoms with van der Waals surface area (Å²) in [4.78, 5) is 21.6. The Labute approximate surface area is 171 Å². The van der Waals surface area contributed by atoms with Crippen molar-refractivity contribution in [2.24, 2.45) is 0 Å². The maximum absolute atomic E-state index is 14.3. The average Bonchev–Trinajstić information content (AvgIpc) is 2.65. The Balaban J connectivity index is 2.11. The van der Waals surface area contributed by atoms with Gasteiger partial charge in [0.15, 0.2) is 0 Å². The fraction of sp³-hybridized carbons (Fsp3) is 0.550. The Morgan fingerprint density at radius 1 is 1.17 bits per heavy atom. The van der Waals surface area contributed by atoms with Gasteiger partial charge in [0, 0.05) is 31.6 Å². The van der Waals surface area contributed by atoms with Gasteiger partial charge in [-0.3, -0.25) is 4.79 Å². The van der Waals surface area contributed by atoms with Gasteiger partial charge in [-0.05, 0) is 39.2 Å². The Hall–Kier alpha value is -2.52. The number of nitrogens with zero attached hydrogens (tertiary/aromatic N) is 3. The Morgan fingerprint density at radius 2 is 1.90 bits per heavy atom. The number of alkyl halides is 5. The quantitative estimate of drug-likeness (QED) is 0.630. The number of aromatic nitrogens is 2. The molecule has 1 N–H and O–H groups in total. The van der Waals surface area contributed by atoms with E-state index in [4.69, 9.17) is 0 Å². The number of rotatable bonds is 1. The van der Waals surface area contributed by atoms with Crippen molar-refractivity contribution in [3.63, 3.8) is 0 Å². The van der Waals surface area contributed by atoms with E-state index in [-0.39, 0.29) is 36.6 Å². The second kappa shape index (κ2) is 8.31. The molecule has 0 spiro atoms. The van der Waals surface area contributed by atoms with Crippen molar-refractivity contribution < 1.29 is 26.7 Å². The molecule has 1 amide bonds. The molecule has 1 aliphatic carbocycles. The van der Waals surface area contributed by atoms with Crippen LogP contribution >= 0.6 is 0 Å². The highest BCUT2D eigenvalue weighted by atomic mass is 19.4. The zero-order valence-electron chi connectivity index (χ0n) is 16.7. The lowest BCUT2D eigenvalue weighted by Gasteiger charge is -2.28. The molecule has 0 unspecified atom stereocenters. The van der Waals surface area contributed by atoms with E-state index in [9.17, 15) is 26.7 Å². The molecule has 1 aromatic heterocycles. The molecule has 1 aromatic rings. The van der Waals surface area contributed by atoms with Crippen LogP contribution in [0.15, 0.2) is 23.4 Å². The molecular formula is C20H23F5N4O. The highest BCUT2D eigenvalue weighted by Crippen LogP contribution is 2.33. The third-order valence-electron chi connectivity index (χ3n) is 5.11. The number of hydrogen-bond donors (Lipinski definition) is 1. The van der Waals surface area contributed by atoms with Gasteiger partial charge in [-0.1, -0.05) is 11.6 Å². The van der Waals surface area contributed by atoms with E-state index in [0.29, 0.717) is 12.1 Å². The molecule has 0 bridgehead atoms. The standard InChI is InChI=1S/C20H23F5N4O/c1-12-5-3-6-14(11-12)29-10-8-19(21,22)7-4-9-26-16-15(17(29)30)13(2)27-18(28-16)20(23,24)25/h6,11H,3-5,7-10H2,1-2H3,(H,26,27,28). The topological polar surface area (TPSA) is 58.1 Å². The smallest absolute Gasteiger partial charge is 0.369 e. The SMILES string of the molecule is CC1=CC(N2CCC(F)(F)CCCNc3nc(C(F)(F)F)nc(C)c3C2=O)=CCC1. The number of aryl methyl sites for hydroxylation is 1. The normalized spacial score (nSPS) is 20.5. The van der Waals surface area contributed by atoms with Crippen LogP contribution in [0.1, 0.15) is 60.9 Å². The summed E-state index contributed by atoms with van der Waals surface area (Å²) in [5.41, 5.74) is 1.16. The molecule has 0 fully saturated rings. The van der Waals surface area contributed by atoms with Crippen molar-refractivity contribution in [3.8, 4) is 0 Å². The van der Waals surface area contributed by atoms with E-state index in [1.807, 2.05) is 6.92 Å². The fourth-order valence-corrected chi connectivity index (χ4v) is 3.54. The summed E-state index contributed by atoms with van der Waals surface area (Å²) in [5, 5.41) is 2.65. The summed E-state index contributed by atoms with van der Waals surface area (Å²) < 4.78 is 68.1. The van der Waals surface area contributed by atoms with Crippen molar-refractivity contribution >= 4 is 11.7 Å². The van der Waals surface area contributed by atoms with E-state index in [1.54, 1.807) is 12.2 Å². The molecule has 10 heteroatoms. The maximum atomic E-state index is 14.3. The zero-order chi connectivity index (χ0) is 22.1. The van der Waals surface area contributed by atoms with Gasteiger partial charge in [0.25, 0.3) is 5.91 Å². The lowest BCUT2D eigenvalue weighted by molar-refractivity contribution is -0.145. The first-order valence-corrected chi connectivity index (χ1v) is 9.75. The van der Waals surface area contributed by atoms with Crippen molar-refractivity contribution in [1.82, 2.24) is 14.9 Å². The highest BCUT2D eigenvalue weighted by Gasteiger charge is 2.38. The van der Waals surface area contributed by atoms with Crippen LogP contribution < -0.4 is 5.32 Å². The van der Waals surface area contributed by atoms with Gasteiger partial charge >= 0.3 is 6.18 Å². The number of halogens is 5. The molecule has 0 saturated carbocycles. The average molecular weight is 430 g/mol. The molecule has 0 saturated heterocycles. The first-order chi connectivity index (χ1) is 14.0. The van der Waals surface area contributed by atoms with E-state index < -0.39 is 36.7 Å². The summed E-state index contributed by atoms with van der Waals surface area (Å²) in [5.74, 6) is -5.35. The van der Waals surface area contributed by atoms with E-state index >= 15 is 0 Å². The van der Waals surface area contributed by atoms with Crippen LogP contribution in [0.4, 0.5) is 27.8 Å². The first kappa shape index (κ1) is 22.2. The summed E-state index contributed by atoms with van der Waals surface area (Å²) in [6, 6.07) is 0. The molecule has 2 heterocycles. The van der Waals surface area contributed by atoms with Crippen LogP contribution in [0.5, 0.6) is 0 Å². The Morgan fingerprint density at radius 3 is 2.57 bits per heavy atom. The monoisotopic (exact) mass is 430 g/mol. The van der Waals surface area contributed by atoms with Crippen LogP contribution in [0.25, 0.3) is 0 Å². The van der Waals surface area contributed by atoms with Crippen LogP contribution in [-0.2, 0) is 6.18 Å². The number of amides is 1. The zero-order valence-corrected chi connectivity index (χ0v) is 16.7. The predicted molar refractivity (Wildman–Crippen MR) is 101 cm³/mol. The summed E-state index contributed by atoms with van der Waals surface area (Å²) in [6.07, 6.45) is -0.812. The van der Waals surface area contributed by atoms with Gasteiger partial charge in [0.05, 0.1) is 5.69 Å². The van der Waals surface area contributed by atoms with Gasteiger partial charge in [0.1, 0.15) is 11.4 Å². The van der Waals surface area contributed by atoms with E-state index in [1.165, 1.54) is 11.8 Å². The second-order valence-corrected chi connectivity index (χ2v) is 7.61. The molecule has 5 nitrogen and oxygen atoms in total. The van der Waals surface area contributed by atoms with Crippen molar-refractivity contribution in [2.45, 2.75) is 58.1 Å². The lowest BCUT2D eigenvalue weighted by Crippen LogP contribution is -2.35. The molecule has 2 aliphatic rings. The molecule has 0 radical (unpaired) electrons. The largest absolute Gasteiger partial charge is 0.451 e. The van der Waals surface area contributed by atoms with Gasteiger partial charge in [-0.25, -0.2) is 18.7 Å². The van der Waals surface area contributed by atoms with Crippen LogP contribution in [0, 0.1) is 6.92 Å². The molecule has 0 atom stereocenters. The third-order valence-corrected chi connectivity index (χ3v) is 5.11. The Kier molecular flexibility index (Phi) is 6.14. The van der Waals surface area contributed by atoms with Crippen molar-refractivity contribution in [1.29, 1.82) is 0 Å². The maximum Gasteiger partial charge on any atom is 0.451 e. The first-order valence-electron chi connectivity index (χ1n) is 9.75. The molecular weight excluding hydrogens is 407 g/mol. The number of carbonyl (C=O) groups excluding carboxylic acids is 1. The predicted octanol–water partition coefficient (Wildman–Crippen LogP) is 5.10. The van der Waals surface area contributed by atoms with E-state index in [2.05, 4.69) is 15.3 Å². The minimum Gasteiger partial charge on any atom is -0.369 e. The molecule has 30 heavy (non-hydrogen) atoms. The minimum absolute atomic E-state index is 0.0206. The van der Waals surface area contributed by atoms with Gasteiger partial charge < -0.3 is 10.2 Å². The van der Waals surface area contributed by atoms with E-state index in [0.717, 1.165) is 12.0 Å². The fourth-order valence-electron chi connectivity index (χ4n) is 3.54. The van der Waals surface area contributed by atoms with Crippen molar-refractivity contribution in [3.05, 3.63) is 40.5 Å². The number of anilines is 1. The minimum atomic E-state index is -4.80. The number of allylic oxidation sites excluding steroid dienone is 3. The van der Waals surface area contributed by atoms with Gasteiger partial charge in [0.2, 0.25) is 11.7 Å². The van der Waals surface area contributed by atoms with Crippen LogP contribution in [0.3, 0.4) is 0 Å². The Bertz CT molecular complexity index is 892. The third kappa shape index (κ3) is 4.96. The molecule has 1 aliphatic heterocycles. The summed E-state index contributed by atoms with van der Waals surface area (Å²) in [6.45, 7) is 2.86. The van der Waals surface area contributed by atoms with Crippen LogP contribution in [0.2, 0.25) is 0 Å². The number of hydrogen-bond acceptors (Lipinski definition) is 4. The molecule has 3 rings (SSSR count). The number of carbonyl (C=O) groups is 1. The number of fused-ring (bicyclic) bond motifs is 1. The lowest BCUT2D eigenvalue weighted by atomic mass is 10.0. The summed E-state index contributed by atoms with van der Waals surface area (Å²) >= 11 is 0. The van der Waals surface area contributed by atoms with Gasteiger partial charge in [-0.15, -0.1) is 0 Å². The van der Waals surface area contributed by atoms with Gasteiger partial charge in [-0.2, -0.15) is 13.2 Å². The second-order valence-electron chi connectivity index (χ2n) is 7.61. The molecule has 164 valence electrons.